The molecular weight excluding hydrogens is 470 g/mol. The Hall–Kier alpha value is -3.52. The highest BCUT2D eigenvalue weighted by molar-refractivity contribution is 5.91. The van der Waals surface area contributed by atoms with Crippen LogP contribution in [0.15, 0.2) is 54.9 Å². The van der Waals surface area contributed by atoms with Gasteiger partial charge >= 0.3 is 5.97 Å². The van der Waals surface area contributed by atoms with Crippen molar-refractivity contribution in [2.45, 2.75) is 97.3 Å². The van der Waals surface area contributed by atoms with E-state index in [4.69, 9.17) is 4.74 Å². The molecule has 5 nitrogen and oxygen atoms in total. The minimum absolute atomic E-state index is 0.293. The van der Waals surface area contributed by atoms with Crippen molar-refractivity contribution in [3.8, 4) is 23.2 Å². The number of hydrogen-bond donors (Lipinski definition) is 0. The molecule has 3 aromatic rings. The predicted octanol–water partition coefficient (Wildman–Crippen LogP) is 8.65. The van der Waals surface area contributed by atoms with Crippen molar-refractivity contribution in [3.63, 3.8) is 0 Å². The topological polar surface area (TPSA) is 75.9 Å². The molecule has 0 unspecified atom stereocenters. The lowest BCUT2D eigenvalue weighted by Crippen LogP contribution is -2.09. The fraction of sp³-hybridized carbons (Fsp3) is 0.455. The van der Waals surface area contributed by atoms with Crippen LogP contribution in [-0.2, 0) is 12.8 Å². The van der Waals surface area contributed by atoms with E-state index in [0.29, 0.717) is 22.7 Å². The number of aryl methyl sites for hydroxylation is 2. The molecule has 0 aliphatic carbocycles. The summed E-state index contributed by atoms with van der Waals surface area (Å²) in [6, 6.07) is 14.8. The standard InChI is InChI=1S/C33H41N3O2/c1-3-5-7-9-11-12-14-26-16-21-31(30(22-26)23-34)38-33(37)29-19-17-28(18-20-29)32-35-24-27(25-36-32)15-13-10-8-6-4-2/h16-22,24-25H,3-15H2,1-2H3. The van der Waals surface area contributed by atoms with E-state index in [0.717, 1.165) is 42.4 Å². The molecule has 0 amide bonds. The third kappa shape index (κ3) is 9.41. The normalized spacial score (nSPS) is 10.8. The van der Waals surface area contributed by atoms with Gasteiger partial charge in [0.05, 0.1) is 11.1 Å². The molecule has 0 aliphatic heterocycles. The Balaban J connectivity index is 1.53. The first kappa shape index (κ1) is 29.0. The molecule has 2 aromatic carbocycles. The van der Waals surface area contributed by atoms with Crippen LogP contribution in [0.25, 0.3) is 11.4 Å². The van der Waals surface area contributed by atoms with Crippen LogP contribution in [-0.4, -0.2) is 15.9 Å². The molecule has 0 fully saturated rings. The van der Waals surface area contributed by atoms with Crippen molar-refractivity contribution in [2.24, 2.45) is 0 Å². The first-order chi connectivity index (χ1) is 18.6. The van der Waals surface area contributed by atoms with Gasteiger partial charge in [0.15, 0.2) is 5.82 Å². The van der Waals surface area contributed by atoms with E-state index in [-0.39, 0.29) is 0 Å². The van der Waals surface area contributed by atoms with Crippen LogP contribution in [0.1, 0.15) is 112 Å². The third-order valence-electron chi connectivity index (χ3n) is 6.84. The molecule has 3 rings (SSSR count). The van der Waals surface area contributed by atoms with Gasteiger partial charge < -0.3 is 4.74 Å². The zero-order chi connectivity index (χ0) is 27.0. The summed E-state index contributed by atoms with van der Waals surface area (Å²) < 4.78 is 5.58. The maximum atomic E-state index is 12.8. The van der Waals surface area contributed by atoms with Gasteiger partial charge in [-0.15, -0.1) is 0 Å². The van der Waals surface area contributed by atoms with Crippen molar-refractivity contribution in [1.29, 1.82) is 5.26 Å². The van der Waals surface area contributed by atoms with Gasteiger partial charge in [-0.2, -0.15) is 5.26 Å². The summed E-state index contributed by atoms with van der Waals surface area (Å²) in [6.07, 6.45) is 19.3. The van der Waals surface area contributed by atoms with Crippen LogP contribution in [0.4, 0.5) is 0 Å². The molecule has 0 spiro atoms. The van der Waals surface area contributed by atoms with E-state index in [1.54, 1.807) is 18.2 Å². The van der Waals surface area contributed by atoms with Gasteiger partial charge in [0.25, 0.3) is 0 Å². The summed E-state index contributed by atoms with van der Waals surface area (Å²) in [5.41, 5.74) is 3.89. The van der Waals surface area contributed by atoms with E-state index < -0.39 is 5.97 Å². The van der Waals surface area contributed by atoms with Crippen LogP contribution in [0.5, 0.6) is 5.75 Å². The van der Waals surface area contributed by atoms with Crippen LogP contribution < -0.4 is 4.74 Å². The average molecular weight is 512 g/mol. The Morgan fingerprint density at radius 2 is 1.34 bits per heavy atom. The van der Waals surface area contributed by atoms with Crippen molar-refractivity contribution in [2.75, 3.05) is 0 Å². The van der Waals surface area contributed by atoms with Gasteiger partial charge in [-0.1, -0.05) is 89.8 Å². The monoisotopic (exact) mass is 511 g/mol. The maximum absolute atomic E-state index is 12.8. The van der Waals surface area contributed by atoms with E-state index in [1.165, 1.54) is 57.8 Å². The molecule has 1 aromatic heterocycles. The zero-order valence-corrected chi connectivity index (χ0v) is 23.0. The van der Waals surface area contributed by atoms with Crippen molar-refractivity contribution >= 4 is 5.97 Å². The quantitative estimate of drug-likeness (QED) is 0.109. The van der Waals surface area contributed by atoms with Crippen molar-refractivity contribution in [3.05, 3.63) is 77.1 Å². The molecule has 0 saturated heterocycles. The Morgan fingerprint density at radius 1 is 0.763 bits per heavy atom. The van der Waals surface area contributed by atoms with E-state index in [1.807, 2.05) is 36.7 Å². The number of rotatable bonds is 16. The second-order valence-electron chi connectivity index (χ2n) is 10.0. The van der Waals surface area contributed by atoms with Gasteiger partial charge in [0, 0.05) is 18.0 Å². The van der Waals surface area contributed by atoms with Crippen molar-refractivity contribution < 1.29 is 9.53 Å². The molecule has 0 saturated carbocycles. The molecule has 1 heterocycles. The SMILES string of the molecule is CCCCCCCCc1ccc(OC(=O)c2ccc(-c3ncc(CCCCCCC)cn3)cc2)c(C#N)c1. The molecule has 0 aliphatic rings. The summed E-state index contributed by atoms with van der Waals surface area (Å²) in [5, 5.41) is 9.60. The third-order valence-corrected chi connectivity index (χ3v) is 6.84. The fourth-order valence-electron chi connectivity index (χ4n) is 4.50. The number of carbonyl (C=O) groups is 1. The Morgan fingerprint density at radius 3 is 1.95 bits per heavy atom. The average Bonchev–Trinajstić information content (AvgIpc) is 2.96. The van der Waals surface area contributed by atoms with Gasteiger partial charge in [0.2, 0.25) is 0 Å². The number of esters is 1. The fourth-order valence-corrected chi connectivity index (χ4v) is 4.50. The summed E-state index contributed by atoms with van der Waals surface area (Å²) in [7, 11) is 0. The Labute approximate surface area is 228 Å². The summed E-state index contributed by atoms with van der Waals surface area (Å²) in [6.45, 7) is 4.44. The van der Waals surface area contributed by atoms with Gasteiger partial charge in [-0.3, -0.25) is 0 Å². The first-order valence-corrected chi connectivity index (χ1v) is 14.3. The highest BCUT2D eigenvalue weighted by atomic mass is 16.5. The lowest BCUT2D eigenvalue weighted by Gasteiger charge is -2.09. The van der Waals surface area contributed by atoms with E-state index in [2.05, 4.69) is 29.9 Å². The molecule has 0 N–H and O–H groups in total. The number of aromatic nitrogens is 2. The summed E-state index contributed by atoms with van der Waals surface area (Å²) in [5.74, 6) is 0.435. The minimum atomic E-state index is -0.490. The molecule has 0 radical (unpaired) electrons. The van der Waals surface area contributed by atoms with Crippen LogP contribution >= 0.6 is 0 Å². The number of unbranched alkanes of at least 4 members (excludes halogenated alkanes) is 9. The minimum Gasteiger partial charge on any atom is -0.422 e. The number of nitriles is 1. The highest BCUT2D eigenvalue weighted by Crippen LogP contribution is 2.23. The van der Waals surface area contributed by atoms with Crippen LogP contribution in [0.3, 0.4) is 0 Å². The number of ether oxygens (including phenoxy) is 1. The lowest BCUT2D eigenvalue weighted by molar-refractivity contribution is 0.0734. The second-order valence-corrected chi connectivity index (χ2v) is 10.0. The maximum Gasteiger partial charge on any atom is 0.343 e. The molecule has 38 heavy (non-hydrogen) atoms. The molecular formula is C33H41N3O2. The Kier molecular flexibility index (Phi) is 12.5. The molecule has 0 atom stereocenters. The van der Waals surface area contributed by atoms with E-state index in [9.17, 15) is 10.1 Å². The highest BCUT2D eigenvalue weighted by Gasteiger charge is 2.13. The zero-order valence-electron chi connectivity index (χ0n) is 23.0. The van der Waals surface area contributed by atoms with Gasteiger partial charge in [-0.05, 0) is 61.1 Å². The smallest absolute Gasteiger partial charge is 0.343 e. The summed E-state index contributed by atoms with van der Waals surface area (Å²) in [4.78, 5) is 21.8. The molecule has 200 valence electrons. The predicted molar refractivity (Wildman–Crippen MR) is 153 cm³/mol. The Bertz CT molecular complexity index is 1160. The number of benzene rings is 2. The lowest BCUT2D eigenvalue weighted by atomic mass is 10.0. The van der Waals surface area contributed by atoms with Crippen molar-refractivity contribution in [1.82, 2.24) is 9.97 Å². The molecule has 5 heteroatoms. The second kappa shape index (κ2) is 16.3. The van der Waals surface area contributed by atoms with Gasteiger partial charge in [-0.25, -0.2) is 14.8 Å². The largest absolute Gasteiger partial charge is 0.422 e. The number of nitrogens with zero attached hydrogens (tertiary/aromatic N) is 3. The van der Waals surface area contributed by atoms with Crippen LogP contribution in [0, 0.1) is 11.3 Å². The van der Waals surface area contributed by atoms with Gasteiger partial charge in [0.1, 0.15) is 11.8 Å². The van der Waals surface area contributed by atoms with E-state index >= 15 is 0 Å². The van der Waals surface area contributed by atoms with Crippen LogP contribution in [0.2, 0.25) is 0 Å². The first-order valence-electron chi connectivity index (χ1n) is 14.3. The number of carbonyl (C=O) groups excluding carboxylic acids is 1. The number of hydrogen-bond acceptors (Lipinski definition) is 5. The summed E-state index contributed by atoms with van der Waals surface area (Å²) >= 11 is 0. The molecule has 0 bridgehead atoms.